The molecule has 4 N–H and O–H groups in total. The van der Waals surface area contributed by atoms with Crippen molar-refractivity contribution in [3.63, 3.8) is 0 Å². The molecule has 0 rings (SSSR count). The molecule has 0 saturated heterocycles. The van der Waals surface area contributed by atoms with Crippen LogP contribution < -0.4 is 16.4 Å². The predicted molar refractivity (Wildman–Crippen MR) is 95.7 cm³/mol. The summed E-state index contributed by atoms with van der Waals surface area (Å²) in [6.07, 6.45) is -9.35. The zero-order valence-electron chi connectivity index (χ0n) is 15.0. The van der Waals surface area contributed by atoms with E-state index in [-0.39, 0.29) is 27.7 Å². The number of ether oxygens (including phenoxy) is 1. The van der Waals surface area contributed by atoms with E-state index in [4.69, 9.17) is 10.5 Å². The van der Waals surface area contributed by atoms with Gasteiger partial charge in [-0.3, -0.25) is 14.4 Å². The topological polar surface area (TPSA) is 111 Å². The smallest absolute Gasteiger partial charge is 0.405 e. The van der Waals surface area contributed by atoms with Gasteiger partial charge in [0.2, 0.25) is 11.8 Å². The van der Waals surface area contributed by atoms with Crippen LogP contribution in [0.2, 0.25) is 0 Å². The van der Waals surface area contributed by atoms with E-state index < -0.39 is 55.4 Å². The van der Waals surface area contributed by atoms with Gasteiger partial charge in [0.25, 0.3) is 0 Å². The fraction of sp³-hybridized carbons (Fsp3) is 0.812. The standard InChI is InChI=1S/C10H16F3NO3.C4H7F3N2O.2CH4/c1-9(2,3)17-8(16)5-4-7(15)14-6-10(11,12)13;5-4(6,7)2-9-3(10)1-8;;/h4-6H2,1-3H3,(H,14,15);1-2,8H2,(H,9,10);2*1H4. The Kier molecular flexibility index (Phi) is 17.7. The molecule has 0 aliphatic carbocycles. The molecule has 0 aliphatic heterocycles. The van der Waals surface area contributed by atoms with Crippen molar-refractivity contribution >= 4 is 17.8 Å². The van der Waals surface area contributed by atoms with Gasteiger partial charge in [0, 0.05) is 6.42 Å². The van der Waals surface area contributed by atoms with Crippen LogP contribution in [0.3, 0.4) is 0 Å². The Morgan fingerprint density at radius 2 is 1.17 bits per heavy atom. The van der Waals surface area contributed by atoms with Crippen LogP contribution in [0.5, 0.6) is 0 Å². The Hall–Kier alpha value is -2.05. The second kappa shape index (κ2) is 14.9. The minimum Gasteiger partial charge on any atom is -0.460 e. The van der Waals surface area contributed by atoms with Gasteiger partial charge in [0.05, 0.1) is 13.0 Å². The van der Waals surface area contributed by atoms with Gasteiger partial charge in [0.15, 0.2) is 0 Å². The fourth-order valence-corrected chi connectivity index (χ4v) is 1.17. The van der Waals surface area contributed by atoms with Gasteiger partial charge in [0.1, 0.15) is 18.7 Å². The second-order valence-corrected chi connectivity index (χ2v) is 6.07. The average Bonchev–Trinajstić information content (AvgIpc) is 2.46. The van der Waals surface area contributed by atoms with Crippen molar-refractivity contribution in [2.45, 2.75) is 66.4 Å². The van der Waals surface area contributed by atoms with E-state index in [1.807, 2.05) is 0 Å². The third-order valence-electron chi connectivity index (χ3n) is 2.13. The van der Waals surface area contributed by atoms with Crippen LogP contribution in [0.25, 0.3) is 0 Å². The highest BCUT2D eigenvalue weighted by Gasteiger charge is 2.28. The largest absolute Gasteiger partial charge is 0.460 e. The molecule has 13 heteroatoms. The second-order valence-electron chi connectivity index (χ2n) is 6.07. The molecule has 0 bridgehead atoms. The lowest BCUT2D eigenvalue weighted by molar-refractivity contribution is -0.156. The zero-order valence-corrected chi connectivity index (χ0v) is 15.0. The molecular formula is C16H31F6N3O4. The summed E-state index contributed by atoms with van der Waals surface area (Å²) < 4.78 is 74.0. The normalized spacial score (nSPS) is 11.0. The molecule has 7 nitrogen and oxygen atoms in total. The molecule has 0 atom stereocenters. The van der Waals surface area contributed by atoms with Crippen LogP contribution in [0.15, 0.2) is 0 Å². The molecule has 29 heavy (non-hydrogen) atoms. The predicted octanol–water partition coefficient (Wildman–Crippen LogP) is 2.68. The molecule has 0 spiro atoms. The third-order valence-corrected chi connectivity index (χ3v) is 2.13. The zero-order chi connectivity index (χ0) is 21.9. The molecule has 0 unspecified atom stereocenters. The number of alkyl halides is 6. The van der Waals surface area contributed by atoms with Crippen molar-refractivity contribution in [1.29, 1.82) is 0 Å². The van der Waals surface area contributed by atoms with E-state index in [1.165, 1.54) is 0 Å². The van der Waals surface area contributed by atoms with Crippen LogP contribution in [0.1, 0.15) is 48.5 Å². The average molecular weight is 443 g/mol. The van der Waals surface area contributed by atoms with E-state index in [9.17, 15) is 40.7 Å². The van der Waals surface area contributed by atoms with E-state index >= 15 is 0 Å². The molecule has 2 amide bonds. The Balaban J connectivity index is -0.000000226. The van der Waals surface area contributed by atoms with E-state index in [0.717, 1.165) is 0 Å². The van der Waals surface area contributed by atoms with Gasteiger partial charge >= 0.3 is 18.3 Å². The lowest BCUT2D eigenvalue weighted by Gasteiger charge is -2.19. The Labute approximate surface area is 166 Å². The Morgan fingerprint density at radius 1 is 0.793 bits per heavy atom. The highest BCUT2D eigenvalue weighted by Crippen LogP contribution is 2.13. The first-order valence-corrected chi connectivity index (χ1v) is 7.54. The minimum atomic E-state index is -4.44. The summed E-state index contributed by atoms with van der Waals surface area (Å²) in [6.45, 7) is 1.86. The molecule has 0 aromatic heterocycles. The quantitative estimate of drug-likeness (QED) is 0.432. The fourth-order valence-electron chi connectivity index (χ4n) is 1.17. The first kappa shape index (κ1) is 34.5. The Morgan fingerprint density at radius 3 is 1.48 bits per heavy atom. The molecule has 176 valence electrons. The van der Waals surface area contributed by atoms with Gasteiger partial charge in [-0.25, -0.2) is 0 Å². The highest BCUT2D eigenvalue weighted by molar-refractivity contribution is 5.81. The van der Waals surface area contributed by atoms with Crippen molar-refractivity contribution in [2.24, 2.45) is 5.73 Å². The number of halogens is 6. The molecular weight excluding hydrogens is 412 g/mol. The Bertz CT molecular complexity index is 489. The van der Waals surface area contributed by atoms with E-state index in [2.05, 4.69) is 0 Å². The number of nitrogens with one attached hydrogen (secondary N) is 2. The maximum Gasteiger partial charge on any atom is 0.405 e. The van der Waals surface area contributed by atoms with Crippen molar-refractivity contribution in [2.75, 3.05) is 19.6 Å². The van der Waals surface area contributed by atoms with E-state index in [1.54, 1.807) is 31.4 Å². The van der Waals surface area contributed by atoms with Crippen molar-refractivity contribution in [3.05, 3.63) is 0 Å². The van der Waals surface area contributed by atoms with Crippen molar-refractivity contribution < 1.29 is 45.5 Å². The summed E-state index contributed by atoms with van der Waals surface area (Å²) >= 11 is 0. The van der Waals surface area contributed by atoms with Gasteiger partial charge in [-0.15, -0.1) is 0 Å². The summed E-state index contributed by atoms with van der Waals surface area (Å²) in [5, 5.41) is 3.25. The third kappa shape index (κ3) is 30.9. The summed E-state index contributed by atoms with van der Waals surface area (Å²) in [5.41, 5.74) is 4.05. The SMILES string of the molecule is C.C.CC(C)(C)OC(=O)CCC(=O)NCC(F)(F)F.NCC(=O)NCC(F)(F)F. The summed E-state index contributed by atoms with van der Waals surface area (Å²) in [4.78, 5) is 32.2. The number of esters is 1. The van der Waals surface area contributed by atoms with Gasteiger partial charge in [-0.05, 0) is 20.8 Å². The van der Waals surface area contributed by atoms with Crippen molar-refractivity contribution in [1.82, 2.24) is 10.6 Å². The van der Waals surface area contributed by atoms with Gasteiger partial charge < -0.3 is 21.1 Å². The molecule has 0 aliphatic rings. The lowest BCUT2D eigenvalue weighted by atomic mass is 10.2. The number of nitrogens with two attached hydrogens (primary N) is 1. The highest BCUT2D eigenvalue weighted by atomic mass is 19.4. The number of carbonyl (C=O) groups is 3. The first-order chi connectivity index (χ1) is 11.9. The first-order valence-electron chi connectivity index (χ1n) is 7.54. The maximum atomic E-state index is 11.7. The summed E-state index contributed by atoms with van der Waals surface area (Å²) in [7, 11) is 0. The molecule has 0 fully saturated rings. The van der Waals surface area contributed by atoms with Gasteiger partial charge in [-0.2, -0.15) is 26.3 Å². The number of amides is 2. The summed E-state index contributed by atoms with van der Waals surface area (Å²) in [5.74, 6) is -2.25. The molecule has 0 aromatic rings. The van der Waals surface area contributed by atoms with Gasteiger partial charge in [-0.1, -0.05) is 14.9 Å². The lowest BCUT2D eigenvalue weighted by Crippen LogP contribution is -2.37. The van der Waals surface area contributed by atoms with Crippen LogP contribution in [0, 0.1) is 0 Å². The van der Waals surface area contributed by atoms with Crippen molar-refractivity contribution in [3.8, 4) is 0 Å². The van der Waals surface area contributed by atoms with Crippen LogP contribution in [0.4, 0.5) is 26.3 Å². The molecule has 0 saturated carbocycles. The van der Waals surface area contributed by atoms with E-state index in [0.29, 0.717) is 0 Å². The number of hydrogen-bond acceptors (Lipinski definition) is 5. The molecule has 0 heterocycles. The number of hydrogen-bond donors (Lipinski definition) is 3. The molecule has 0 radical (unpaired) electrons. The molecule has 0 aromatic carbocycles. The number of carbonyl (C=O) groups excluding carboxylic acids is 3. The monoisotopic (exact) mass is 443 g/mol. The van der Waals surface area contributed by atoms with Crippen LogP contribution in [-0.2, 0) is 19.1 Å². The minimum absolute atomic E-state index is 0. The number of rotatable bonds is 6. The maximum absolute atomic E-state index is 11.7. The van der Waals surface area contributed by atoms with Crippen LogP contribution in [-0.4, -0.2) is 55.4 Å². The summed E-state index contributed by atoms with van der Waals surface area (Å²) in [6, 6.07) is 0. The van der Waals surface area contributed by atoms with Crippen LogP contribution >= 0.6 is 0 Å².